The molecular weight excluding hydrogens is 406 g/mol. The standard InChI is InChI=1S/C26H22ClN3O/c27-22-13-6-5-12-21(22)25-24-15-8-16-29(24)23-14-7-4-11-20(23)18-30(25)26(31)28-17-19-9-2-1-3-10-19/h1-16,25H,17-18H2,(H,28,31). The molecule has 5 rings (SSSR count). The number of nitrogens with zero attached hydrogens (tertiary/aromatic N) is 2. The zero-order valence-electron chi connectivity index (χ0n) is 16.9. The molecule has 0 spiro atoms. The van der Waals surface area contributed by atoms with Crippen molar-refractivity contribution in [2.24, 2.45) is 0 Å². The summed E-state index contributed by atoms with van der Waals surface area (Å²) in [7, 11) is 0. The van der Waals surface area contributed by atoms with E-state index in [1.54, 1.807) is 0 Å². The smallest absolute Gasteiger partial charge is 0.318 e. The minimum atomic E-state index is -0.313. The van der Waals surface area contributed by atoms with Crippen molar-refractivity contribution in [1.29, 1.82) is 0 Å². The number of para-hydroxylation sites is 1. The number of halogens is 1. The van der Waals surface area contributed by atoms with Gasteiger partial charge in [-0.15, -0.1) is 0 Å². The molecule has 0 saturated heterocycles. The van der Waals surface area contributed by atoms with E-state index in [0.717, 1.165) is 28.1 Å². The largest absolute Gasteiger partial charge is 0.334 e. The highest BCUT2D eigenvalue weighted by molar-refractivity contribution is 6.31. The zero-order chi connectivity index (χ0) is 21.2. The number of benzene rings is 3. The first kappa shape index (κ1) is 19.5. The van der Waals surface area contributed by atoms with Gasteiger partial charge in [-0.05, 0) is 41.0 Å². The molecule has 1 unspecified atom stereocenters. The van der Waals surface area contributed by atoms with Gasteiger partial charge in [-0.3, -0.25) is 0 Å². The van der Waals surface area contributed by atoms with E-state index in [2.05, 4.69) is 28.1 Å². The molecule has 154 valence electrons. The van der Waals surface area contributed by atoms with Crippen molar-refractivity contribution >= 4 is 17.6 Å². The molecule has 0 radical (unpaired) electrons. The lowest BCUT2D eigenvalue weighted by molar-refractivity contribution is 0.180. The molecule has 0 saturated carbocycles. The van der Waals surface area contributed by atoms with Crippen molar-refractivity contribution in [1.82, 2.24) is 14.8 Å². The Hall–Kier alpha value is -3.50. The third-order valence-electron chi connectivity index (χ3n) is 5.71. The first-order chi connectivity index (χ1) is 15.2. The first-order valence-electron chi connectivity index (χ1n) is 10.3. The third-order valence-corrected chi connectivity index (χ3v) is 6.06. The summed E-state index contributed by atoms with van der Waals surface area (Å²) in [5, 5.41) is 3.75. The minimum absolute atomic E-state index is 0.127. The van der Waals surface area contributed by atoms with E-state index in [1.165, 1.54) is 0 Å². The topological polar surface area (TPSA) is 37.3 Å². The number of carbonyl (C=O) groups is 1. The van der Waals surface area contributed by atoms with Crippen LogP contribution in [0.2, 0.25) is 5.02 Å². The third kappa shape index (κ3) is 3.71. The fraction of sp³-hybridized carbons (Fsp3) is 0.115. The predicted molar refractivity (Wildman–Crippen MR) is 123 cm³/mol. The van der Waals surface area contributed by atoms with Gasteiger partial charge < -0.3 is 14.8 Å². The molecule has 1 aromatic heterocycles. The summed E-state index contributed by atoms with van der Waals surface area (Å²) in [6.07, 6.45) is 2.05. The van der Waals surface area contributed by atoms with Gasteiger partial charge in [0.25, 0.3) is 0 Å². The molecule has 0 aliphatic carbocycles. The van der Waals surface area contributed by atoms with Gasteiger partial charge in [0.05, 0.1) is 17.9 Å². The van der Waals surface area contributed by atoms with E-state index >= 15 is 0 Å². The fourth-order valence-electron chi connectivity index (χ4n) is 4.24. The molecule has 4 nitrogen and oxygen atoms in total. The van der Waals surface area contributed by atoms with Crippen LogP contribution in [-0.4, -0.2) is 15.5 Å². The van der Waals surface area contributed by atoms with Gasteiger partial charge >= 0.3 is 6.03 Å². The van der Waals surface area contributed by atoms with E-state index in [4.69, 9.17) is 11.6 Å². The lowest BCUT2D eigenvalue weighted by atomic mass is 10.0. The summed E-state index contributed by atoms with van der Waals surface area (Å²) in [6, 6.07) is 29.5. The van der Waals surface area contributed by atoms with Crippen LogP contribution in [0.4, 0.5) is 4.79 Å². The van der Waals surface area contributed by atoms with Gasteiger partial charge in [0.2, 0.25) is 0 Å². The van der Waals surface area contributed by atoms with E-state index < -0.39 is 0 Å². The van der Waals surface area contributed by atoms with Gasteiger partial charge in [0, 0.05) is 17.8 Å². The Labute approximate surface area is 186 Å². The summed E-state index contributed by atoms with van der Waals surface area (Å²) in [5.41, 5.74) is 5.14. The SMILES string of the molecule is O=C(NCc1ccccc1)N1Cc2ccccc2-n2cccc2C1c1ccccc1Cl. The molecule has 5 heteroatoms. The number of amides is 2. The lowest BCUT2D eigenvalue weighted by Gasteiger charge is -2.31. The number of carbonyl (C=O) groups excluding carboxylic acids is 1. The molecule has 1 aliphatic heterocycles. The van der Waals surface area contributed by atoms with Crippen molar-refractivity contribution in [3.63, 3.8) is 0 Å². The van der Waals surface area contributed by atoms with E-state index in [9.17, 15) is 4.79 Å². The lowest BCUT2D eigenvalue weighted by Crippen LogP contribution is -2.41. The van der Waals surface area contributed by atoms with Gasteiger partial charge in [-0.2, -0.15) is 0 Å². The molecule has 1 atom stereocenters. The second-order valence-corrected chi connectivity index (χ2v) is 8.04. The molecule has 0 bridgehead atoms. The molecule has 1 N–H and O–H groups in total. The highest BCUT2D eigenvalue weighted by Crippen LogP contribution is 2.38. The summed E-state index contributed by atoms with van der Waals surface area (Å²) in [4.78, 5) is 15.4. The Morgan fingerprint density at radius 2 is 1.65 bits per heavy atom. The monoisotopic (exact) mass is 427 g/mol. The van der Waals surface area contributed by atoms with Crippen LogP contribution in [0, 0.1) is 0 Å². The van der Waals surface area contributed by atoms with Gasteiger partial charge in [-0.25, -0.2) is 4.79 Å². The highest BCUT2D eigenvalue weighted by atomic mass is 35.5. The fourth-order valence-corrected chi connectivity index (χ4v) is 4.48. The molecule has 2 amide bonds. The summed E-state index contributed by atoms with van der Waals surface area (Å²) >= 11 is 6.63. The molecule has 0 fully saturated rings. The number of rotatable bonds is 3. The van der Waals surface area contributed by atoms with Crippen LogP contribution in [-0.2, 0) is 13.1 Å². The van der Waals surface area contributed by atoms with Crippen LogP contribution in [0.25, 0.3) is 5.69 Å². The van der Waals surface area contributed by atoms with E-state index in [1.807, 2.05) is 83.9 Å². The van der Waals surface area contributed by atoms with Gasteiger partial charge in [0.1, 0.15) is 6.04 Å². The number of urea groups is 1. The van der Waals surface area contributed by atoms with Crippen LogP contribution in [0.15, 0.2) is 97.2 Å². The quantitative estimate of drug-likeness (QED) is 0.431. The molecule has 3 aromatic carbocycles. The summed E-state index contributed by atoms with van der Waals surface area (Å²) in [5.74, 6) is 0. The van der Waals surface area contributed by atoms with Crippen LogP contribution in [0.3, 0.4) is 0 Å². The Morgan fingerprint density at radius 1 is 0.903 bits per heavy atom. The first-order valence-corrected chi connectivity index (χ1v) is 10.7. The van der Waals surface area contributed by atoms with Crippen molar-refractivity contribution in [3.8, 4) is 5.69 Å². The average molecular weight is 428 g/mol. The van der Waals surface area contributed by atoms with Crippen LogP contribution >= 0.6 is 11.6 Å². The molecule has 4 aromatic rings. The predicted octanol–water partition coefficient (Wildman–Crippen LogP) is 5.95. The highest BCUT2D eigenvalue weighted by Gasteiger charge is 2.33. The van der Waals surface area contributed by atoms with E-state index in [0.29, 0.717) is 18.1 Å². The normalized spacial score (nSPS) is 15.0. The Balaban J connectivity index is 1.59. The Bertz CT molecular complexity index is 1220. The maximum Gasteiger partial charge on any atom is 0.318 e. The van der Waals surface area contributed by atoms with Gasteiger partial charge in [0.15, 0.2) is 0 Å². The van der Waals surface area contributed by atoms with Gasteiger partial charge in [-0.1, -0.05) is 78.3 Å². The molecule has 31 heavy (non-hydrogen) atoms. The summed E-state index contributed by atoms with van der Waals surface area (Å²) < 4.78 is 2.16. The molecular formula is C26H22ClN3O. The number of hydrogen-bond donors (Lipinski definition) is 1. The number of hydrogen-bond acceptors (Lipinski definition) is 1. The van der Waals surface area contributed by atoms with Crippen LogP contribution in [0.1, 0.15) is 28.4 Å². The second kappa shape index (κ2) is 8.32. The number of aromatic nitrogens is 1. The van der Waals surface area contributed by atoms with Crippen molar-refractivity contribution in [2.45, 2.75) is 19.1 Å². The average Bonchev–Trinajstić information content (AvgIpc) is 3.23. The number of nitrogens with one attached hydrogen (secondary N) is 1. The minimum Gasteiger partial charge on any atom is -0.334 e. The number of fused-ring (bicyclic) bond motifs is 3. The van der Waals surface area contributed by atoms with Crippen molar-refractivity contribution < 1.29 is 4.79 Å². The Morgan fingerprint density at radius 3 is 2.48 bits per heavy atom. The van der Waals surface area contributed by atoms with Crippen LogP contribution < -0.4 is 5.32 Å². The van der Waals surface area contributed by atoms with Crippen molar-refractivity contribution in [2.75, 3.05) is 0 Å². The molecule has 1 aliphatic rings. The molecule has 2 heterocycles. The van der Waals surface area contributed by atoms with E-state index in [-0.39, 0.29) is 12.1 Å². The van der Waals surface area contributed by atoms with Crippen molar-refractivity contribution in [3.05, 3.63) is 125 Å². The zero-order valence-corrected chi connectivity index (χ0v) is 17.7. The maximum absolute atomic E-state index is 13.5. The Kier molecular flexibility index (Phi) is 5.23. The summed E-state index contributed by atoms with van der Waals surface area (Å²) in [6.45, 7) is 0.947. The maximum atomic E-state index is 13.5. The second-order valence-electron chi connectivity index (χ2n) is 7.63. The van der Waals surface area contributed by atoms with Crippen LogP contribution in [0.5, 0.6) is 0 Å².